The maximum atomic E-state index is 13.0. The van der Waals surface area contributed by atoms with E-state index in [1.165, 1.54) is 50.2 Å². The summed E-state index contributed by atoms with van der Waals surface area (Å²) >= 11 is 6.04. The Balaban J connectivity index is 1.38. The minimum Gasteiger partial charge on any atom is -0.478 e. The first-order chi connectivity index (χ1) is 17.5. The highest BCUT2D eigenvalue weighted by molar-refractivity contribution is 7.91. The van der Waals surface area contributed by atoms with Crippen molar-refractivity contribution in [3.8, 4) is 5.75 Å². The van der Waals surface area contributed by atoms with Gasteiger partial charge in [-0.3, -0.25) is 0 Å². The molecule has 0 unspecified atom stereocenters. The van der Waals surface area contributed by atoms with Crippen molar-refractivity contribution in [1.82, 2.24) is 4.90 Å². The van der Waals surface area contributed by atoms with E-state index >= 15 is 0 Å². The monoisotopic (exact) mass is 543 g/mol. The fraction of sp³-hybridized carbons (Fsp3) is 0.259. The van der Waals surface area contributed by atoms with Gasteiger partial charge in [0.1, 0.15) is 11.9 Å². The zero-order valence-corrected chi connectivity index (χ0v) is 21.8. The summed E-state index contributed by atoms with van der Waals surface area (Å²) in [5.74, 6) is -0.883. The van der Waals surface area contributed by atoms with Crippen molar-refractivity contribution in [3.05, 3.63) is 88.9 Å². The van der Waals surface area contributed by atoms with Crippen LogP contribution in [-0.4, -0.2) is 49.2 Å². The molecule has 1 N–H and O–H groups in total. The van der Waals surface area contributed by atoms with Crippen LogP contribution in [0, 0.1) is 0 Å². The maximum absolute atomic E-state index is 13.0. The highest BCUT2D eigenvalue weighted by Gasteiger charge is 2.32. The lowest BCUT2D eigenvalue weighted by molar-refractivity contribution is -0.152. The number of carbonyl (C=O) groups excluding carboxylic acids is 1. The number of halogens is 1. The number of sulfone groups is 1. The average molecular weight is 544 g/mol. The Morgan fingerprint density at radius 3 is 2.30 bits per heavy atom. The third kappa shape index (κ3) is 6.06. The molecule has 0 aliphatic carbocycles. The molecule has 1 aliphatic rings. The average Bonchev–Trinajstić information content (AvgIpc) is 3.23. The standard InChI is InChI=1S/C27H26ClNO7S/c1-27(2,25(30)31)36-21-8-12-23(13-9-21)37(33,34)22-10-6-18(7-11-22)14-15-29-17-24(35-26(29)32)19-4-3-5-20(28)16-19/h3-13,16,24H,14-15,17H2,1-2H3,(H,30,31)/t24-/m0/s1. The van der Waals surface area contributed by atoms with Gasteiger partial charge in [-0.2, -0.15) is 0 Å². The van der Waals surface area contributed by atoms with E-state index in [9.17, 15) is 23.1 Å². The van der Waals surface area contributed by atoms with Crippen molar-refractivity contribution in [2.24, 2.45) is 0 Å². The van der Waals surface area contributed by atoms with E-state index in [1.54, 1.807) is 29.2 Å². The van der Waals surface area contributed by atoms with Crippen molar-refractivity contribution in [3.63, 3.8) is 0 Å². The van der Waals surface area contributed by atoms with E-state index in [0.717, 1.165) is 11.1 Å². The van der Waals surface area contributed by atoms with Gasteiger partial charge in [-0.25, -0.2) is 18.0 Å². The van der Waals surface area contributed by atoms with Gasteiger partial charge in [-0.15, -0.1) is 0 Å². The number of cyclic esters (lactones) is 1. The highest BCUT2D eigenvalue weighted by Crippen LogP contribution is 2.29. The van der Waals surface area contributed by atoms with Crippen LogP contribution in [0.3, 0.4) is 0 Å². The Morgan fingerprint density at radius 2 is 1.70 bits per heavy atom. The van der Waals surface area contributed by atoms with Crippen LogP contribution in [0.4, 0.5) is 4.79 Å². The summed E-state index contributed by atoms with van der Waals surface area (Å²) in [7, 11) is -3.78. The lowest BCUT2D eigenvalue weighted by atomic mass is 10.1. The van der Waals surface area contributed by atoms with E-state index in [1.807, 2.05) is 12.1 Å². The van der Waals surface area contributed by atoms with Crippen LogP contribution >= 0.6 is 11.6 Å². The second kappa shape index (κ2) is 10.4. The molecule has 1 aliphatic heterocycles. The molecule has 0 saturated carbocycles. The van der Waals surface area contributed by atoms with Gasteiger partial charge in [0.2, 0.25) is 9.84 Å². The molecule has 1 amide bonds. The second-order valence-corrected chi connectivity index (χ2v) is 11.5. The van der Waals surface area contributed by atoms with Crippen LogP contribution in [-0.2, 0) is 25.8 Å². The number of hydrogen-bond acceptors (Lipinski definition) is 6. The molecule has 0 spiro atoms. The quantitative estimate of drug-likeness (QED) is 0.397. The normalized spacial score (nSPS) is 15.9. The number of carboxylic acid groups (broad SMARTS) is 1. The summed E-state index contributed by atoms with van der Waals surface area (Å²) < 4.78 is 37.0. The summed E-state index contributed by atoms with van der Waals surface area (Å²) in [6.07, 6.45) is -0.252. The zero-order chi connectivity index (χ0) is 26.8. The third-order valence-electron chi connectivity index (χ3n) is 6.03. The lowest BCUT2D eigenvalue weighted by Crippen LogP contribution is -2.37. The number of carboxylic acids is 1. The molecular formula is C27H26ClNO7S. The predicted molar refractivity (Wildman–Crippen MR) is 137 cm³/mol. The van der Waals surface area contributed by atoms with E-state index in [2.05, 4.69) is 0 Å². The van der Waals surface area contributed by atoms with Gasteiger partial charge in [0.15, 0.2) is 5.60 Å². The number of nitrogens with zero attached hydrogens (tertiary/aromatic N) is 1. The van der Waals surface area contributed by atoms with Gasteiger partial charge in [0.25, 0.3) is 0 Å². The molecule has 8 nitrogen and oxygen atoms in total. The number of rotatable bonds is 9. The number of carbonyl (C=O) groups is 2. The van der Waals surface area contributed by atoms with E-state index < -0.39 is 27.5 Å². The number of benzene rings is 3. The molecule has 0 radical (unpaired) electrons. The van der Waals surface area contributed by atoms with Crippen LogP contribution in [0.2, 0.25) is 5.02 Å². The number of ether oxygens (including phenoxy) is 2. The van der Waals surface area contributed by atoms with E-state index in [-0.39, 0.29) is 21.6 Å². The molecule has 0 bridgehead atoms. The number of aliphatic carboxylic acids is 1. The van der Waals surface area contributed by atoms with Crippen LogP contribution in [0.25, 0.3) is 0 Å². The minimum atomic E-state index is -3.78. The summed E-state index contributed by atoms with van der Waals surface area (Å²) in [4.78, 5) is 25.3. The maximum Gasteiger partial charge on any atom is 0.410 e. The van der Waals surface area contributed by atoms with Crippen molar-refractivity contribution in [2.45, 2.75) is 41.8 Å². The summed E-state index contributed by atoms with van der Waals surface area (Å²) in [6.45, 7) is 3.66. The van der Waals surface area contributed by atoms with Crippen LogP contribution < -0.4 is 4.74 Å². The van der Waals surface area contributed by atoms with Crippen molar-refractivity contribution < 1.29 is 32.6 Å². The summed E-state index contributed by atoms with van der Waals surface area (Å²) in [6, 6.07) is 19.3. The smallest absolute Gasteiger partial charge is 0.410 e. The molecule has 0 aromatic heterocycles. The first-order valence-electron chi connectivity index (χ1n) is 11.5. The summed E-state index contributed by atoms with van der Waals surface area (Å²) in [5, 5.41) is 9.76. The van der Waals surface area contributed by atoms with Crippen molar-refractivity contribution >= 4 is 33.5 Å². The molecule has 1 fully saturated rings. The Kier molecular flexibility index (Phi) is 7.47. The van der Waals surface area contributed by atoms with Gasteiger partial charge < -0.3 is 19.5 Å². The molecule has 194 valence electrons. The van der Waals surface area contributed by atoms with Crippen LogP contribution in [0.15, 0.2) is 82.6 Å². The van der Waals surface area contributed by atoms with E-state index in [4.69, 9.17) is 21.1 Å². The first-order valence-corrected chi connectivity index (χ1v) is 13.4. The lowest BCUT2D eigenvalue weighted by Gasteiger charge is -2.21. The van der Waals surface area contributed by atoms with Crippen molar-refractivity contribution in [2.75, 3.05) is 13.1 Å². The molecular weight excluding hydrogens is 518 g/mol. The van der Waals surface area contributed by atoms with E-state index in [0.29, 0.717) is 24.5 Å². The third-order valence-corrected chi connectivity index (χ3v) is 8.05. The molecule has 1 saturated heterocycles. The molecule has 1 heterocycles. The fourth-order valence-electron chi connectivity index (χ4n) is 3.83. The minimum absolute atomic E-state index is 0.0626. The predicted octanol–water partition coefficient (Wildman–Crippen LogP) is 5.15. The Hall–Kier alpha value is -3.56. The zero-order valence-electron chi connectivity index (χ0n) is 20.3. The molecule has 4 rings (SSSR count). The SMILES string of the molecule is CC(C)(Oc1ccc(S(=O)(=O)c2ccc(CCN3C[C@@H](c4cccc(Cl)c4)OC3=O)cc2)cc1)C(=O)O. The van der Waals surface area contributed by atoms with Gasteiger partial charge in [0.05, 0.1) is 16.3 Å². The number of hydrogen-bond donors (Lipinski definition) is 1. The van der Waals surface area contributed by atoms with Crippen LogP contribution in [0.1, 0.15) is 31.1 Å². The van der Waals surface area contributed by atoms with Gasteiger partial charge >= 0.3 is 12.1 Å². The molecule has 10 heteroatoms. The Morgan fingerprint density at radius 1 is 1.08 bits per heavy atom. The molecule has 3 aromatic carbocycles. The largest absolute Gasteiger partial charge is 0.478 e. The van der Waals surface area contributed by atoms with Gasteiger partial charge in [-0.1, -0.05) is 35.9 Å². The first kappa shape index (κ1) is 26.5. The Labute approximate surface area is 220 Å². The number of amides is 1. The summed E-state index contributed by atoms with van der Waals surface area (Å²) in [5.41, 5.74) is 0.263. The topological polar surface area (TPSA) is 110 Å². The van der Waals surface area contributed by atoms with Gasteiger partial charge in [0, 0.05) is 11.6 Å². The second-order valence-electron chi connectivity index (χ2n) is 9.16. The highest BCUT2D eigenvalue weighted by atomic mass is 35.5. The fourth-order valence-corrected chi connectivity index (χ4v) is 5.29. The Bertz CT molecular complexity index is 1400. The van der Waals surface area contributed by atoms with Crippen molar-refractivity contribution in [1.29, 1.82) is 0 Å². The molecule has 1 atom stereocenters. The molecule has 3 aromatic rings. The molecule has 37 heavy (non-hydrogen) atoms. The van der Waals surface area contributed by atoms with Crippen LogP contribution in [0.5, 0.6) is 5.75 Å². The van der Waals surface area contributed by atoms with Gasteiger partial charge in [-0.05, 0) is 79.9 Å².